The van der Waals surface area contributed by atoms with Crippen molar-refractivity contribution in [1.29, 1.82) is 5.26 Å². The van der Waals surface area contributed by atoms with Crippen molar-refractivity contribution in [3.63, 3.8) is 0 Å². The number of anilines is 1. The molecule has 0 unspecified atom stereocenters. The average Bonchev–Trinajstić information content (AvgIpc) is 2.46. The van der Waals surface area contributed by atoms with Gasteiger partial charge in [-0.1, -0.05) is 46.3 Å². The monoisotopic (exact) mass is 328 g/mol. The van der Waals surface area contributed by atoms with Crippen LogP contribution in [0.2, 0.25) is 0 Å². The first kappa shape index (κ1) is 14.6. The molecular formula is C17H17BrN2. The van der Waals surface area contributed by atoms with Gasteiger partial charge in [-0.2, -0.15) is 5.26 Å². The molecule has 0 aliphatic rings. The van der Waals surface area contributed by atoms with E-state index in [9.17, 15) is 5.26 Å². The summed E-state index contributed by atoms with van der Waals surface area (Å²) in [5.41, 5.74) is 2.92. The lowest BCUT2D eigenvalue weighted by Crippen LogP contribution is -2.30. The number of nitriles is 1. The average molecular weight is 329 g/mol. The molecule has 2 aromatic carbocycles. The highest BCUT2D eigenvalue weighted by Crippen LogP contribution is 2.27. The van der Waals surface area contributed by atoms with Crippen molar-refractivity contribution in [2.75, 3.05) is 4.90 Å². The summed E-state index contributed by atoms with van der Waals surface area (Å²) in [6.07, 6.45) is 0. The highest BCUT2D eigenvalue weighted by Gasteiger charge is 2.15. The van der Waals surface area contributed by atoms with Crippen molar-refractivity contribution in [2.45, 2.75) is 26.4 Å². The predicted octanol–water partition coefficient (Wildman–Crippen LogP) is 4.74. The summed E-state index contributed by atoms with van der Waals surface area (Å²) < 4.78 is 0.932. The number of hydrogen-bond donors (Lipinski definition) is 0. The van der Waals surface area contributed by atoms with Crippen molar-refractivity contribution in [2.24, 2.45) is 0 Å². The Morgan fingerprint density at radius 3 is 2.45 bits per heavy atom. The second-order valence-corrected chi connectivity index (χ2v) is 5.90. The lowest BCUT2D eigenvalue weighted by atomic mass is 10.1. The zero-order chi connectivity index (χ0) is 14.5. The van der Waals surface area contributed by atoms with Crippen LogP contribution < -0.4 is 4.90 Å². The second kappa shape index (κ2) is 6.58. The first-order valence-corrected chi connectivity index (χ1v) is 7.41. The van der Waals surface area contributed by atoms with Crippen LogP contribution in [-0.4, -0.2) is 6.04 Å². The molecule has 0 aromatic heterocycles. The Hall–Kier alpha value is -1.79. The third-order valence-corrected chi connectivity index (χ3v) is 3.70. The summed E-state index contributed by atoms with van der Waals surface area (Å²) in [4.78, 5) is 2.25. The molecule has 20 heavy (non-hydrogen) atoms. The Morgan fingerprint density at radius 2 is 1.85 bits per heavy atom. The molecule has 0 bridgehead atoms. The Bertz CT molecular complexity index is 615. The van der Waals surface area contributed by atoms with E-state index >= 15 is 0 Å². The van der Waals surface area contributed by atoms with E-state index < -0.39 is 0 Å². The number of benzene rings is 2. The molecule has 2 aromatic rings. The Balaban J connectivity index is 2.37. The fraction of sp³-hybridized carbons (Fsp3) is 0.235. The van der Waals surface area contributed by atoms with Crippen molar-refractivity contribution in [1.82, 2.24) is 0 Å². The van der Waals surface area contributed by atoms with Crippen LogP contribution in [0.1, 0.15) is 25.0 Å². The highest BCUT2D eigenvalue weighted by atomic mass is 79.9. The molecule has 2 nitrogen and oxygen atoms in total. The van der Waals surface area contributed by atoms with Crippen LogP contribution in [0, 0.1) is 11.3 Å². The van der Waals surface area contributed by atoms with Gasteiger partial charge < -0.3 is 4.90 Å². The minimum atomic E-state index is 0.323. The van der Waals surface area contributed by atoms with E-state index in [0.717, 1.165) is 16.7 Å². The first-order valence-electron chi connectivity index (χ1n) is 6.62. The summed E-state index contributed by atoms with van der Waals surface area (Å²) in [6, 6.07) is 18.8. The molecule has 0 N–H and O–H groups in total. The van der Waals surface area contributed by atoms with Crippen LogP contribution in [-0.2, 0) is 6.54 Å². The summed E-state index contributed by atoms with van der Waals surface area (Å²) in [6.45, 7) is 5.09. The maximum absolute atomic E-state index is 9.34. The summed E-state index contributed by atoms with van der Waals surface area (Å²) in [5.74, 6) is 0. The van der Waals surface area contributed by atoms with Gasteiger partial charge in [-0.15, -0.1) is 0 Å². The van der Waals surface area contributed by atoms with E-state index in [-0.39, 0.29) is 0 Å². The van der Waals surface area contributed by atoms with Gasteiger partial charge in [-0.25, -0.2) is 0 Å². The highest BCUT2D eigenvalue weighted by molar-refractivity contribution is 9.10. The molecular weight excluding hydrogens is 312 g/mol. The van der Waals surface area contributed by atoms with Crippen molar-refractivity contribution >= 4 is 21.6 Å². The third kappa shape index (κ3) is 3.40. The van der Waals surface area contributed by atoms with Gasteiger partial charge in [-0.3, -0.25) is 0 Å². The largest absolute Gasteiger partial charge is 0.364 e. The van der Waals surface area contributed by atoms with Gasteiger partial charge >= 0.3 is 0 Å². The Labute approximate surface area is 128 Å². The topological polar surface area (TPSA) is 27.0 Å². The van der Waals surface area contributed by atoms with Gasteiger partial charge in [0.05, 0.1) is 11.3 Å². The van der Waals surface area contributed by atoms with Gasteiger partial charge in [0.25, 0.3) is 0 Å². The van der Waals surface area contributed by atoms with E-state index in [0.29, 0.717) is 11.6 Å². The second-order valence-electron chi connectivity index (χ2n) is 4.98. The van der Waals surface area contributed by atoms with E-state index in [1.54, 1.807) is 0 Å². The fourth-order valence-corrected chi connectivity index (χ4v) is 2.54. The normalized spacial score (nSPS) is 10.3. The molecule has 0 atom stereocenters. The molecule has 102 valence electrons. The summed E-state index contributed by atoms with van der Waals surface area (Å²) >= 11 is 3.42. The molecule has 0 spiro atoms. The van der Waals surface area contributed by atoms with Crippen LogP contribution in [0.25, 0.3) is 0 Å². The maximum atomic E-state index is 9.34. The molecule has 0 saturated heterocycles. The van der Waals surface area contributed by atoms with Crippen LogP contribution in [0.4, 0.5) is 5.69 Å². The molecule has 0 radical (unpaired) electrons. The number of hydrogen-bond acceptors (Lipinski definition) is 2. The van der Waals surface area contributed by atoms with Gasteiger partial charge in [0, 0.05) is 17.1 Å². The third-order valence-electron chi connectivity index (χ3n) is 3.21. The maximum Gasteiger partial charge on any atom is 0.101 e. The Kier molecular flexibility index (Phi) is 4.81. The van der Waals surface area contributed by atoms with E-state index in [1.807, 2.05) is 36.4 Å². The standard InChI is InChI=1S/C17H17BrN2/c1-13(2)20(12-14-6-4-3-5-7-14)17-9-8-16(18)10-15(17)11-19/h3-10,13H,12H2,1-2H3. The quantitative estimate of drug-likeness (QED) is 0.810. The smallest absolute Gasteiger partial charge is 0.101 e. The molecule has 2 rings (SSSR count). The van der Waals surface area contributed by atoms with Gasteiger partial charge in [0.15, 0.2) is 0 Å². The van der Waals surface area contributed by atoms with Gasteiger partial charge in [0.1, 0.15) is 6.07 Å². The molecule has 0 aliphatic carbocycles. The van der Waals surface area contributed by atoms with Crippen LogP contribution in [0.5, 0.6) is 0 Å². The van der Waals surface area contributed by atoms with E-state index in [4.69, 9.17) is 0 Å². The summed E-state index contributed by atoms with van der Waals surface area (Å²) in [5, 5.41) is 9.34. The number of nitrogens with zero attached hydrogens (tertiary/aromatic N) is 2. The molecule has 3 heteroatoms. The predicted molar refractivity (Wildman–Crippen MR) is 86.6 cm³/mol. The van der Waals surface area contributed by atoms with E-state index in [1.165, 1.54) is 5.56 Å². The molecule has 0 fully saturated rings. The lowest BCUT2D eigenvalue weighted by Gasteiger charge is -2.30. The number of rotatable bonds is 4. The van der Waals surface area contributed by atoms with Crippen molar-refractivity contribution in [3.8, 4) is 6.07 Å². The Morgan fingerprint density at radius 1 is 1.15 bits per heavy atom. The van der Waals surface area contributed by atoms with Crippen LogP contribution in [0.15, 0.2) is 53.0 Å². The van der Waals surface area contributed by atoms with Crippen LogP contribution in [0.3, 0.4) is 0 Å². The van der Waals surface area contributed by atoms with E-state index in [2.05, 4.69) is 52.9 Å². The molecule has 0 amide bonds. The first-order chi connectivity index (χ1) is 9.61. The minimum Gasteiger partial charge on any atom is -0.364 e. The zero-order valence-corrected chi connectivity index (χ0v) is 13.3. The fourth-order valence-electron chi connectivity index (χ4n) is 2.17. The van der Waals surface area contributed by atoms with Gasteiger partial charge in [-0.05, 0) is 37.6 Å². The molecule has 0 aliphatic heterocycles. The molecule has 0 saturated carbocycles. The lowest BCUT2D eigenvalue weighted by molar-refractivity contribution is 0.681. The van der Waals surface area contributed by atoms with Crippen molar-refractivity contribution < 1.29 is 0 Å². The van der Waals surface area contributed by atoms with Gasteiger partial charge in [0.2, 0.25) is 0 Å². The van der Waals surface area contributed by atoms with Crippen LogP contribution >= 0.6 is 15.9 Å². The number of halogens is 1. The SMILES string of the molecule is CC(C)N(Cc1ccccc1)c1ccc(Br)cc1C#N. The summed E-state index contributed by atoms with van der Waals surface area (Å²) in [7, 11) is 0. The van der Waals surface area contributed by atoms with Crippen molar-refractivity contribution in [3.05, 3.63) is 64.1 Å². The zero-order valence-electron chi connectivity index (χ0n) is 11.7. The minimum absolute atomic E-state index is 0.323. The molecule has 0 heterocycles.